The Kier molecular flexibility index (Phi) is 6.00. The highest BCUT2D eigenvalue weighted by Gasteiger charge is 2.20. The van der Waals surface area contributed by atoms with E-state index >= 15 is 0 Å². The number of furan rings is 1. The quantitative estimate of drug-likeness (QED) is 0.116. The van der Waals surface area contributed by atoms with Gasteiger partial charge in [0, 0.05) is 34.8 Å². The van der Waals surface area contributed by atoms with E-state index < -0.39 is 4.92 Å². The third-order valence-electron chi connectivity index (χ3n) is 5.93. The van der Waals surface area contributed by atoms with E-state index in [2.05, 4.69) is 9.55 Å². The number of nitro groups is 1. The number of imidazole rings is 1. The highest BCUT2D eigenvalue weighted by atomic mass is 32.2. The molecule has 5 rings (SSSR count). The number of hydrogen-bond acceptors (Lipinski definition) is 6. The minimum atomic E-state index is -0.435. The van der Waals surface area contributed by atoms with E-state index in [9.17, 15) is 14.9 Å². The van der Waals surface area contributed by atoms with Crippen LogP contribution in [0.2, 0.25) is 0 Å². The van der Waals surface area contributed by atoms with Crippen LogP contribution >= 0.6 is 11.8 Å². The maximum Gasteiger partial charge on any atom is 0.271 e. The number of thioether (sulfide) groups is 1. The number of Topliss-reactive ketones (excluding diaryl/α,β-unsaturated/α-hetero) is 1. The van der Waals surface area contributed by atoms with Gasteiger partial charge in [-0.05, 0) is 50.2 Å². The van der Waals surface area contributed by atoms with Gasteiger partial charge in [-0.15, -0.1) is 0 Å². The Morgan fingerprint density at radius 2 is 1.89 bits per heavy atom. The van der Waals surface area contributed by atoms with Gasteiger partial charge in [0.25, 0.3) is 5.69 Å². The van der Waals surface area contributed by atoms with Crippen LogP contribution in [-0.4, -0.2) is 30.6 Å². The summed E-state index contributed by atoms with van der Waals surface area (Å²) in [6.45, 7) is 4.47. The van der Waals surface area contributed by atoms with Crippen molar-refractivity contribution in [2.45, 2.75) is 25.5 Å². The average Bonchev–Trinajstić information content (AvgIpc) is 3.57. The van der Waals surface area contributed by atoms with Crippen LogP contribution in [0.15, 0.2) is 82.6 Å². The van der Waals surface area contributed by atoms with Crippen molar-refractivity contribution in [2.24, 2.45) is 0 Å². The monoisotopic (exact) mass is 486 g/mol. The number of carbonyl (C=O) groups excluding carboxylic acids is 1. The zero-order valence-electron chi connectivity index (χ0n) is 19.2. The molecule has 0 saturated heterocycles. The van der Waals surface area contributed by atoms with Crippen LogP contribution < -0.4 is 0 Å². The number of para-hydroxylation sites is 1. The number of nitrogens with zero attached hydrogens (tertiary/aromatic N) is 4. The number of carbonyl (C=O) groups is 1. The highest BCUT2D eigenvalue weighted by molar-refractivity contribution is 7.99. The molecule has 0 aliphatic carbocycles. The molecule has 0 bridgehead atoms. The second kappa shape index (κ2) is 9.27. The molecule has 3 aromatic heterocycles. The molecule has 176 valence electrons. The third-order valence-corrected chi connectivity index (χ3v) is 6.87. The van der Waals surface area contributed by atoms with Gasteiger partial charge in [0.2, 0.25) is 0 Å². The third kappa shape index (κ3) is 4.38. The first-order valence-electron chi connectivity index (χ1n) is 11.0. The van der Waals surface area contributed by atoms with Crippen molar-refractivity contribution in [3.8, 4) is 5.69 Å². The van der Waals surface area contributed by atoms with Gasteiger partial charge in [0.05, 0.1) is 34.5 Å². The summed E-state index contributed by atoms with van der Waals surface area (Å²) < 4.78 is 9.46. The van der Waals surface area contributed by atoms with E-state index in [1.165, 1.54) is 23.9 Å². The van der Waals surface area contributed by atoms with Gasteiger partial charge in [-0.3, -0.25) is 19.5 Å². The summed E-state index contributed by atoms with van der Waals surface area (Å²) in [6, 6.07) is 19.9. The maximum atomic E-state index is 13.2. The lowest BCUT2D eigenvalue weighted by Crippen LogP contribution is -2.08. The van der Waals surface area contributed by atoms with E-state index in [0.717, 1.165) is 28.4 Å². The molecule has 0 fully saturated rings. The Bertz CT molecular complexity index is 1530. The SMILES string of the molecule is Cc1cc(C(=O)CSc2nc3cc([N+](=O)[O-])ccc3n2-c2ccccc2)c(C)n1Cc1ccco1. The maximum absolute atomic E-state index is 13.2. The van der Waals surface area contributed by atoms with Crippen LogP contribution in [0.3, 0.4) is 0 Å². The first kappa shape index (κ1) is 22.7. The molecule has 0 atom stereocenters. The predicted molar refractivity (Wildman–Crippen MR) is 134 cm³/mol. The van der Waals surface area contributed by atoms with Gasteiger partial charge < -0.3 is 8.98 Å². The average molecular weight is 487 g/mol. The molecule has 0 amide bonds. The molecule has 0 unspecified atom stereocenters. The minimum absolute atomic E-state index is 0.00792. The molecule has 0 aliphatic heterocycles. The second-order valence-corrected chi connectivity index (χ2v) is 9.10. The van der Waals surface area contributed by atoms with Crippen molar-refractivity contribution in [3.63, 3.8) is 0 Å². The second-order valence-electron chi connectivity index (χ2n) is 8.16. The van der Waals surface area contributed by atoms with Crippen LogP contribution in [0, 0.1) is 24.0 Å². The summed E-state index contributed by atoms with van der Waals surface area (Å²) in [5, 5.41) is 11.9. The van der Waals surface area contributed by atoms with Crippen LogP contribution in [0.4, 0.5) is 5.69 Å². The van der Waals surface area contributed by atoms with Crippen molar-refractivity contribution >= 4 is 34.3 Å². The molecule has 2 aromatic carbocycles. The van der Waals surface area contributed by atoms with Gasteiger partial charge in [0.15, 0.2) is 10.9 Å². The summed E-state index contributed by atoms with van der Waals surface area (Å²) in [5.41, 5.74) is 4.64. The predicted octanol–water partition coefficient (Wildman–Crippen LogP) is 5.97. The van der Waals surface area contributed by atoms with Gasteiger partial charge in [-0.1, -0.05) is 30.0 Å². The molecule has 0 saturated carbocycles. The lowest BCUT2D eigenvalue weighted by molar-refractivity contribution is -0.384. The number of rotatable bonds is 8. The lowest BCUT2D eigenvalue weighted by Gasteiger charge is -2.09. The normalized spacial score (nSPS) is 11.3. The molecule has 0 N–H and O–H groups in total. The number of aryl methyl sites for hydroxylation is 1. The van der Waals surface area contributed by atoms with Gasteiger partial charge in [0.1, 0.15) is 5.76 Å². The highest BCUT2D eigenvalue weighted by Crippen LogP contribution is 2.31. The fourth-order valence-corrected chi connectivity index (χ4v) is 5.09. The van der Waals surface area contributed by atoms with Crippen molar-refractivity contribution in [3.05, 3.63) is 106 Å². The Balaban J connectivity index is 1.45. The Hall–Kier alpha value is -4.11. The molecule has 0 radical (unpaired) electrons. The standard InChI is InChI=1S/C26H22N4O4S/c1-17-13-22(18(2)28(17)15-21-9-6-12-34-21)25(31)16-35-26-27-23-14-20(30(32)33)10-11-24(23)29(26)19-7-4-3-5-8-19/h3-14H,15-16H2,1-2H3. The van der Waals surface area contributed by atoms with E-state index in [0.29, 0.717) is 22.8 Å². The van der Waals surface area contributed by atoms with Crippen LogP contribution in [0.25, 0.3) is 16.7 Å². The largest absolute Gasteiger partial charge is 0.467 e. The summed E-state index contributed by atoms with van der Waals surface area (Å²) in [4.78, 5) is 28.7. The molecular formula is C26H22N4O4S. The van der Waals surface area contributed by atoms with E-state index in [1.54, 1.807) is 12.3 Å². The Morgan fingerprint density at radius 1 is 1.09 bits per heavy atom. The molecule has 35 heavy (non-hydrogen) atoms. The molecule has 3 heterocycles. The number of hydrogen-bond donors (Lipinski definition) is 0. The molecule has 8 nitrogen and oxygen atoms in total. The van der Waals surface area contributed by atoms with Crippen LogP contribution in [0.1, 0.15) is 27.5 Å². The number of aromatic nitrogens is 3. The van der Waals surface area contributed by atoms with E-state index in [1.807, 2.05) is 66.9 Å². The number of nitro benzene ring substituents is 1. The molecule has 5 aromatic rings. The molecule has 9 heteroatoms. The summed E-state index contributed by atoms with van der Waals surface area (Å²) in [5.74, 6) is 1.00. The van der Waals surface area contributed by atoms with Crippen LogP contribution in [-0.2, 0) is 6.54 Å². The van der Waals surface area contributed by atoms with E-state index in [-0.39, 0.29) is 17.2 Å². The van der Waals surface area contributed by atoms with Crippen molar-refractivity contribution in [2.75, 3.05) is 5.75 Å². The Morgan fingerprint density at radius 3 is 2.60 bits per heavy atom. The first-order valence-corrected chi connectivity index (χ1v) is 12.0. The van der Waals surface area contributed by atoms with Crippen molar-refractivity contribution in [1.82, 2.24) is 14.1 Å². The topological polar surface area (TPSA) is 96.1 Å². The summed E-state index contributed by atoms with van der Waals surface area (Å²) in [6.07, 6.45) is 1.64. The summed E-state index contributed by atoms with van der Waals surface area (Å²) in [7, 11) is 0. The fourth-order valence-electron chi connectivity index (χ4n) is 4.18. The number of non-ortho nitro benzene ring substituents is 1. The zero-order chi connectivity index (χ0) is 24.5. The minimum Gasteiger partial charge on any atom is -0.467 e. The molecule has 0 spiro atoms. The lowest BCUT2D eigenvalue weighted by atomic mass is 10.2. The van der Waals surface area contributed by atoms with Crippen molar-refractivity contribution in [1.29, 1.82) is 0 Å². The number of ketones is 1. The van der Waals surface area contributed by atoms with Gasteiger partial charge in [-0.2, -0.15) is 0 Å². The Labute approximate surface area is 205 Å². The number of fused-ring (bicyclic) bond motifs is 1. The van der Waals surface area contributed by atoms with Gasteiger partial charge >= 0.3 is 0 Å². The first-order chi connectivity index (χ1) is 16.9. The van der Waals surface area contributed by atoms with Gasteiger partial charge in [-0.25, -0.2) is 4.98 Å². The van der Waals surface area contributed by atoms with Crippen molar-refractivity contribution < 1.29 is 14.1 Å². The smallest absolute Gasteiger partial charge is 0.271 e. The number of benzene rings is 2. The molecule has 0 aliphatic rings. The molecular weight excluding hydrogens is 464 g/mol. The van der Waals surface area contributed by atoms with Crippen LogP contribution in [0.5, 0.6) is 0 Å². The fraction of sp³-hybridized carbons (Fsp3) is 0.154. The summed E-state index contributed by atoms with van der Waals surface area (Å²) >= 11 is 1.32. The zero-order valence-corrected chi connectivity index (χ0v) is 20.0. The van der Waals surface area contributed by atoms with E-state index in [4.69, 9.17) is 4.42 Å².